The molecular formula is C23H29N3O5. The molecule has 1 aliphatic rings. The normalized spacial score (nSPS) is 15.9. The van der Waals surface area contributed by atoms with Crippen LogP contribution in [-0.2, 0) is 11.3 Å². The highest BCUT2D eigenvalue weighted by Crippen LogP contribution is 2.25. The summed E-state index contributed by atoms with van der Waals surface area (Å²) in [6, 6.07) is 8.58. The van der Waals surface area contributed by atoms with Crippen LogP contribution in [0.2, 0.25) is 0 Å². The van der Waals surface area contributed by atoms with Gasteiger partial charge in [-0.3, -0.25) is 9.59 Å². The van der Waals surface area contributed by atoms with Crippen molar-refractivity contribution < 1.29 is 23.8 Å². The standard InChI is InChI=1S/C23H29N3O5/c1-30-20-7-6-19(21(14-20)31-2)15-24-22(27)8-5-17-4-3-11-25(16-17)23(28)18-9-12-26(29)13-10-18/h6-7,9-10,12-14,17H,3-5,8,11,15-16H2,1-2H3,(H,24,27)/t17-/m0/s1. The van der Waals surface area contributed by atoms with Gasteiger partial charge in [-0.05, 0) is 37.3 Å². The number of rotatable bonds is 8. The van der Waals surface area contributed by atoms with Crippen molar-refractivity contribution >= 4 is 11.8 Å². The van der Waals surface area contributed by atoms with Crippen molar-refractivity contribution in [2.75, 3.05) is 27.3 Å². The van der Waals surface area contributed by atoms with Crippen LogP contribution < -0.4 is 19.5 Å². The van der Waals surface area contributed by atoms with Gasteiger partial charge in [0.15, 0.2) is 12.4 Å². The van der Waals surface area contributed by atoms with Gasteiger partial charge in [0.1, 0.15) is 11.5 Å². The summed E-state index contributed by atoms with van der Waals surface area (Å²) in [5.74, 6) is 1.56. The largest absolute Gasteiger partial charge is 0.619 e. The summed E-state index contributed by atoms with van der Waals surface area (Å²) >= 11 is 0. The average Bonchev–Trinajstić information content (AvgIpc) is 2.81. The predicted molar refractivity (Wildman–Crippen MR) is 115 cm³/mol. The minimum absolute atomic E-state index is 0.0237. The molecule has 0 spiro atoms. The smallest absolute Gasteiger partial charge is 0.254 e. The van der Waals surface area contributed by atoms with Gasteiger partial charge in [-0.25, -0.2) is 0 Å². The maximum absolute atomic E-state index is 12.7. The Bertz CT molecular complexity index is 901. The van der Waals surface area contributed by atoms with Crippen LogP contribution in [0.5, 0.6) is 11.5 Å². The van der Waals surface area contributed by atoms with Crippen molar-refractivity contribution in [3.8, 4) is 11.5 Å². The summed E-state index contributed by atoms with van der Waals surface area (Å²) in [5.41, 5.74) is 1.40. The van der Waals surface area contributed by atoms with Crippen LogP contribution in [0.4, 0.5) is 0 Å². The molecule has 166 valence electrons. The Morgan fingerprint density at radius 2 is 1.97 bits per heavy atom. The molecule has 2 heterocycles. The monoisotopic (exact) mass is 427 g/mol. The van der Waals surface area contributed by atoms with Crippen molar-refractivity contribution in [3.63, 3.8) is 0 Å². The molecule has 1 aromatic heterocycles. The Hall–Kier alpha value is -3.29. The van der Waals surface area contributed by atoms with E-state index in [-0.39, 0.29) is 17.7 Å². The number of aromatic nitrogens is 1. The van der Waals surface area contributed by atoms with Crippen LogP contribution in [0.3, 0.4) is 0 Å². The Morgan fingerprint density at radius 3 is 2.68 bits per heavy atom. The fraction of sp³-hybridized carbons (Fsp3) is 0.435. The first-order valence-electron chi connectivity index (χ1n) is 10.5. The van der Waals surface area contributed by atoms with Gasteiger partial charge in [0, 0.05) is 49.8 Å². The van der Waals surface area contributed by atoms with E-state index < -0.39 is 0 Å². The van der Waals surface area contributed by atoms with E-state index in [0.29, 0.717) is 47.8 Å². The predicted octanol–water partition coefficient (Wildman–Crippen LogP) is 2.29. The Balaban J connectivity index is 1.46. The van der Waals surface area contributed by atoms with Crippen molar-refractivity contribution in [1.82, 2.24) is 10.2 Å². The van der Waals surface area contributed by atoms with E-state index in [2.05, 4.69) is 5.32 Å². The van der Waals surface area contributed by atoms with Crippen LogP contribution in [0.15, 0.2) is 42.7 Å². The van der Waals surface area contributed by atoms with Gasteiger partial charge < -0.3 is 24.9 Å². The number of carbonyl (C=O) groups excluding carboxylic acids is 2. The first kappa shape index (κ1) is 22.4. The number of amides is 2. The van der Waals surface area contributed by atoms with Gasteiger partial charge in [-0.2, -0.15) is 4.73 Å². The van der Waals surface area contributed by atoms with Crippen molar-refractivity contribution in [2.45, 2.75) is 32.2 Å². The lowest BCUT2D eigenvalue weighted by Crippen LogP contribution is -2.40. The first-order chi connectivity index (χ1) is 15.0. The SMILES string of the molecule is COc1ccc(CNC(=O)CC[C@@H]2CCCN(C(=O)c3cc[n+]([O-])cc3)C2)c(OC)c1. The van der Waals surface area contributed by atoms with E-state index in [1.54, 1.807) is 32.4 Å². The molecular weight excluding hydrogens is 398 g/mol. The van der Waals surface area contributed by atoms with Crippen LogP contribution >= 0.6 is 0 Å². The minimum atomic E-state index is -0.0682. The molecule has 1 saturated heterocycles. The fourth-order valence-electron chi connectivity index (χ4n) is 3.84. The minimum Gasteiger partial charge on any atom is -0.619 e. The third-order valence-electron chi connectivity index (χ3n) is 5.61. The lowest BCUT2D eigenvalue weighted by Gasteiger charge is -2.32. The third-order valence-corrected chi connectivity index (χ3v) is 5.61. The summed E-state index contributed by atoms with van der Waals surface area (Å²) in [5, 5.41) is 14.1. The van der Waals surface area contributed by atoms with Gasteiger partial charge >= 0.3 is 0 Å². The van der Waals surface area contributed by atoms with E-state index in [1.807, 2.05) is 17.0 Å². The van der Waals surface area contributed by atoms with Gasteiger partial charge in [0.25, 0.3) is 5.91 Å². The van der Waals surface area contributed by atoms with Gasteiger partial charge in [-0.15, -0.1) is 0 Å². The number of likely N-dealkylation sites (tertiary alicyclic amines) is 1. The number of piperidine rings is 1. The number of hydrogen-bond acceptors (Lipinski definition) is 5. The first-order valence-corrected chi connectivity index (χ1v) is 10.5. The maximum atomic E-state index is 12.7. The molecule has 0 radical (unpaired) electrons. The second-order valence-corrected chi connectivity index (χ2v) is 7.70. The molecule has 1 fully saturated rings. The van der Waals surface area contributed by atoms with E-state index in [4.69, 9.17) is 9.47 Å². The molecule has 8 nitrogen and oxygen atoms in total. The van der Waals surface area contributed by atoms with Gasteiger partial charge in [0.2, 0.25) is 5.91 Å². The summed E-state index contributed by atoms with van der Waals surface area (Å²) in [6.07, 6.45) is 5.71. The molecule has 0 aliphatic carbocycles. The molecule has 0 saturated carbocycles. The second-order valence-electron chi connectivity index (χ2n) is 7.70. The van der Waals surface area contributed by atoms with Gasteiger partial charge in [-0.1, -0.05) is 0 Å². The van der Waals surface area contributed by atoms with E-state index in [0.717, 1.165) is 24.8 Å². The number of methoxy groups -OCH3 is 2. The number of pyridine rings is 1. The summed E-state index contributed by atoms with van der Waals surface area (Å²) in [4.78, 5) is 26.9. The van der Waals surface area contributed by atoms with Crippen LogP contribution in [0.25, 0.3) is 0 Å². The quantitative estimate of drug-likeness (QED) is 0.515. The Labute approximate surface area is 182 Å². The van der Waals surface area contributed by atoms with E-state index in [9.17, 15) is 14.8 Å². The average molecular weight is 428 g/mol. The number of benzene rings is 1. The molecule has 1 atom stereocenters. The molecule has 1 aromatic carbocycles. The summed E-state index contributed by atoms with van der Waals surface area (Å²) < 4.78 is 11.2. The molecule has 0 bridgehead atoms. The molecule has 1 aliphatic heterocycles. The lowest BCUT2D eigenvalue weighted by molar-refractivity contribution is -0.605. The zero-order chi connectivity index (χ0) is 22.2. The van der Waals surface area contributed by atoms with E-state index in [1.165, 1.54) is 12.4 Å². The van der Waals surface area contributed by atoms with Crippen molar-refractivity contribution in [2.24, 2.45) is 5.92 Å². The zero-order valence-corrected chi connectivity index (χ0v) is 18.0. The highest BCUT2D eigenvalue weighted by atomic mass is 16.5. The van der Waals surface area contributed by atoms with E-state index >= 15 is 0 Å². The van der Waals surface area contributed by atoms with Crippen LogP contribution in [-0.4, -0.2) is 44.0 Å². The number of ether oxygens (including phenoxy) is 2. The van der Waals surface area contributed by atoms with Gasteiger partial charge in [0.05, 0.1) is 19.8 Å². The lowest BCUT2D eigenvalue weighted by atomic mass is 9.93. The highest BCUT2D eigenvalue weighted by Gasteiger charge is 2.25. The Morgan fingerprint density at radius 1 is 1.19 bits per heavy atom. The molecule has 0 unspecified atom stereocenters. The molecule has 3 rings (SSSR count). The summed E-state index contributed by atoms with van der Waals surface area (Å²) in [6.45, 7) is 1.71. The Kier molecular flexibility index (Phi) is 7.70. The third kappa shape index (κ3) is 6.10. The summed E-state index contributed by atoms with van der Waals surface area (Å²) in [7, 11) is 3.18. The second kappa shape index (κ2) is 10.7. The maximum Gasteiger partial charge on any atom is 0.254 e. The fourth-order valence-corrected chi connectivity index (χ4v) is 3.84. The molecule has 8 heteroatoms. The number of nitrogens with one attached hydrogen (secondary N) is 1. The van der Waals surface area contributed by atoms with Crippen LogP contribution in [0, 0.1) is 11.1 Å². The topological polar surface area (TPSA) is 94.8 Å². The molecule has 1 N–H and O–H groups in total. The molecule has 2 aromatic rings. The number of hydrogen-bond donors (Lipinski definition) is 1. The molecule has 2 amide bonds. The number of nitrogens with zero attached hydrogens (tertiary/aromatic N) is 2. The van der Waals surface area contributed by atoms with Crippen molar-refractivity contribution in [1.29, 1.82) is 0 Å². The van der Waals surface area contributed by atoms with Crippen molar-refractivity contribution in [3.05, 3.63) is 59.1 Å². The zero-order valence-electron chi connectivity index (χ0n) is 18.0. The van der Waals surface area contributed by atoms with Crippen LogP contribution in [0.1, 0.15) is 41.6 Å². The highest BCUT2D eigenvalue weighted by molar-refractivity contribution is 5.94. The number of carbonyl (C=O) groups is 2. The molecule has 31 heavy (non-hydrogen) atoms.